The number of carbonyl (C=O) groups is 1. The molecule has 3 aliphatic rings. The van der Waals surface area contributed by atoms with Crippen LogP contribution in [-0.4, -0.2) is 84.0 Å². The SMILES string of the molecule is N#C/N=C(\N1CCCC1)N1CCN(c2ccc(NC(=O)c3oc(N4CCC(c5ccccc5)CC4)nc3C(F)(F)F)cn2)CC1. The highest BCUT2D eigenvalue weighted by Gasteiger charge is 2.42. The summed E-state index contributed by atoms with van der Waals surface area (Å²) >= 11 is 0. The third kappa shape index (κ3) is 6.82. The molecule has 6 rings (SSSR count). The van der Waals surface area contributed by atoms with Crippen LogP contribution < -0.4 is 15.1 Å². The first kappa shape index (κ1) is 30.2. The molecule has 0 bridgehead atoms. The van der Waals surface area contributed by atoms with Crippen LogP contribution in [-0.2, 0) is 6.18 Å². The largest absolute Gasteiger partial charge is 0.437 e. The van der Waals surface area contributed by atoms with Crippen molar-refractivity contribution in [1.82, 2.24) is 19.8 Å². The lowest BCUT2D eigenvalue weighted by molar-refractivity contribution is -0.141. The Kier molecular flexibility index (Phi) is 8.77. The Balaban J connectivity index is 1.08. The average molecular weight is 622 g/mol. The Labute approximate surface area is 259 Å². The van der Waals surface area contributed by atoms with Gasteiger partial charge in [-0.05, 0) is 49.3 Å². The number of nitrogens with one attached hydrogen (secondary N) is 1. The minimum atomic E-state index is -4.87. The number of amides is 1. The molecule has 5 heterocycles. The number of hydrogen-bond acceptors (Lipinski definition) is 8. The number of nitriles is 1. The zero-order valence-electron chi connectivity index (χ0n) is 24.7. The van der Waals surface area contributed by atoms with E-state index in [9.17, 15) is 23.2 Å². The molecular weight excluding hydrogens is 587 g/mol. The zero-order chi connectivity index (χ0) is 31.4. The molecule has 236 valence electrons. The number of oxazole rings is 1. The molecule has 3 fully saturated rings. The van der Waals surface area contributed by atoms with Crippen molar-refractivity contribution < 1.29 is 22.4 Å². The molecule has 0 aliphatic carbocycles. The highest BCUT2D eigenvalue weighted by atomic mass is 19.4. The number of pyridine rings is 1. The van der Waals surface area contributed by atoms with Gasteiger partial charge < -0.3 is 29.3 Å². The number of piperazine rings is 1. The molecule has 0 radical (unpaired) electrons. The summed E-state index contributed by atoms with van der Waals surface area (Å²) in [6, 6.07) is 13.1. The lowest BCUT2D eigenvalue weighted by Crippen LogP contribution is -2.53. The Morgan fingerprint density at radius 3 is 2.24 bits per heavy atom. The van der Waals surface area contributed by atoms with E-state index in [4.69, 9.17) is 4.42 Å². The van der Waals surface area contributed by atoms with E-state index in [-0.39, 0.29) is 11.7 Å². The number of aliphatic imine (C=N–C) groups is 1. The molecule has 0 spiro atoms. The number of likely N-dealkylation sites (tertiary alicyclic amines) is 1. The molecule has 2 aromatic heterocycles. The van der Waals surface area contributed by atoms with E-state index in [0.29, 0.717) is 57.0 Å². The second kappa shape index (κ2) is 13.1. The van der Waals surface area contributed by atoms with Gasteiger partial charge in [-0.2, -0.15) is 23.4 Å². The van der Waals surface area contributed by atoms with Gasteiger partial charge in [0.2, 0.25) is 17.9 Å². The maximum atomic E-state index is 13.9. The van der Waals surface area contributed by atoms with E-state index in [1.807, 2.05) is 24.4 Å². The van der Waals surface area contributed by atoms with Crippen LogP contribution in [0.4, 0.5) is 30.7 Å². The van der Waals surface area contributed by atoms with Gasteiger partial charge in [-0.25, -0.2) is 4.98 Å². The summed E-state index contributed by atoms with van der Waals surface area (Å²) in [5, 5.41) is 11.7. The smallest absolute Gasteiger partial charge is 0.417 e. The number of aromatic nitrogens is 2. The third-order valence-electron chi connectivity index (χ3n) is 8.56. The van der Waals surface area contributed by atoms with E-state index >= 15 is 0 Å². The molecule has 11 nitrogen and oxygen atoms in total. The number of carbonyl (C=O) groups excluding carboxylic acids is 1. The van der Waals surface area contributed by atoms with Crippen LogP contribution in [0.3, 0.4) is 0 Å². The minimum absolute atomic E-state index is 0.209. The molecule has 3 saturated heterocycles. The fourth-order valence-corrected chi connectivity index (χ4v) is 6.19. The van der Waals surface area contributed by atoms with Gasteiger partial charge in [0, 0.05) is 52.4 Å². The molecule has 0 atom stereocenters. The van der Waals surface area contributed by atoms with Gasteiger partial charge in [-0.15, -0.1) is 4.99 Å². The quantitative estimate of drug-likeness (QED) is 0.244. The second-order valence-corrected chi connectivity index (χ2v) is 11.4. The predicted octanol–water partition coefficient (Wildman–Crippen LogP) is 4.78. The van der Waals surface area contributed by atoms with Gasteiger partial charge in [-0.1, -0.05) is 30.3 Å². The van der Waals surface area contributed by atoms with Gasteiger partial charge >= 0.3 is 6.18 Å². The van der Waals surface area contributed by atoms with E-state index in [2.05, 4.69) is 47.1 Å². The van der Waals surface area contributed by atoms with Crippen molar-refractivity contribution in [2.24, 2.45) is 4.99 Å². The third-order valence-corrected chi connectivity index (χ3v) is 8.56. The van der Waals surface area contributed by atoms with Crippen LogP contribution in [0, 0.1) is 11.5 Å². The first-order chi connectivity index (χ1) is 21.8. The summed E-state index contributed by atoms with van der Waals surface area (Å²) in [6.45, 7) is 5.33. The van der Waals surface area contributed by atoms with Crippen molar-refractivity contribution in [3.63, 3.8) is 0 Å². The van der Waals surface area contributed by atoms with Crippen LogP contribution in [0.25, 0.3) is 0 Å². The van der Waals surface area contributed by atoms with E-state index < -0.39 is 23.5 Å². The van der Waals surface area contributed by atoms with Crippen molar-refractivity contribution in [2.45, 2.75) is 37.8 Å². The molecule has 45 heavy (non-hydrogen) atoms. The number of guanidine groups is 1. The topological polar surface area (TPSA) is 117 Å². The standard InChI is InChI=1S/C31H34F3N9O2/c32-31(33,34)27-26(45-30(39-27)43-14-10-23(11-15-43)22-6-2-1-3-7-22)28(44)38-24-8-9-25(36-20-24)40-16-18-42(19-17-40)29(37-21-35)41-12-4-5-13-41/h1-3,6-9,20,23H,4-5,10-19H2,(H,38,44)/b37-29+. The van der Waals surface area contributed by atoms with E-state index in [0.717, 1.165) is 38.8 Å². The van der Waals surface area contributed by atoms with Crippen molar-refractivity contribution in [1.29, 1.82) is 5.26 Å². The monoisotopic (exact) mass is 621 g/mol. The number of nitrogens with zero attached hydrogens (tertiary/aromatic N) is 8. The first-order valence-corrected chi connectivity index (χ1v) is 15.2. The number of hydrogen-bond donors (Lipinski definition) is 1. The number of piperidine rings is 1. The van der Waals surface area contributed by atoms with Crippen LogP contribution in [0.5, 0.6) is 0 Å². The summed E-state index contributed by atoms with van der Waals surface area (Å²) in [5.74, 6) is -0.243. The Bertz CT molecular complexity index is 1530. The second-order valence-electron chi connectivity index (χ2n) is 11.4. The predicted molar refractivity (Wildman–Crippen MR) is 162 cm³/mol. The van der Waals surface area contributed by atoms with Gasteiger partial charge in [0.25, 0.3) is 11.9 Å². The Hall–Kier alpha value is -4.80. The molecule has 0 saturated carbocycles. The average Bonchev–Trinajstić information content (AvgIpc) is 3.76. The molecule has 1 N–H and O–H groups in total. The summed E-state index contributed by atoms with van der Waals surface area (Å²) < 4.78 is 47.2. The first-order valence-electron chi connectivity index (χ1n) is 15.2. The molecular formula is C31H34F3N9O2. The number of anilines is 3. The van der Waals surface area contributed by atoms with Crippen molar-refractivity contribution in [3.8, 4) is 6.19 Å². The van der Waals surface area contributed by atoms with Crippen LogP contribution >= 0.6 is 0 Å². The fourth-order valence-electron chi connectivity index (χ4n) is 6.19. The minimum Gasteiger partial charge on any atom is -0.417 e. The maximum absolute atomic E-state index is 13.9. The molecule has 3 aromatic rings. The number of alkyl halides is 3. The summed E-state index contributed by atoms with van der Waals surface area (Å²) in [7, 11) is 0. The van der Waals surface area contributed by atoms with Crippen LogP contribution in [0.1, 0.15) is 53.4 Å². The normalized spacial score (nSPS) is 18.3. The summed E-state index contributed by atoms with van der Waals surface area (Å²) in [4.78, 5) is 33.2. The van der Waals surface area contributed by atoms with Crippen molar-refractivity contribution in [2.75, 3.05) is 67.5 Å². The van der Waals surface area contributed by atoms with Gasteiger partial charge in [0.05, 0.1) is 11.9 Å². The highest BCUT2D eigenvalue weighted by molar-refractivity contribution is 6.03. The zero-order valence-corrected chi connectivity index (χ0v) is 24.7. The van der Waals surface area contributed by atoms with Gasteiger partial charge in [-0.3, -0.25) is 4.79 Å². The molecule has 1 aromatic carbocycles. The summed E-state index contributed by atoms with van der Waals surface area (Å²) in [6.07, 6.45) is 2.10. The van der Waals surface area contributed by atoms with Gasteiger partial charge in [0.15, 0.2) is 5.69 Å². The number of halogens is 3. The van der Waals surface area contributed by atoms with Crippen LogP contribution in [0.15, 0.2) is 58.1 Å². The van der Waals surface area contributed by atoms with Crippen LogP contribution in [0.2, 0.25) is 0 Å². The van der Waals surface area contributed by atoms with E-state index in [1.165, 1.54) is 11.8 Å². The van der Waals surface area contributed by atoms with E-state index in [1.54, 1.807) is 17.0 Å². The fraction of sp³-hybridized carbons (Fsp3) is 0.452. The van der Waals surface area contributed by atoms with Crippen molar-refractivity contribution >= 4 is 29.4 Å². The lowest BCUT2D eigenvalue weighted by Gasteiger charge is -2.39. The van der Waals surface area contributed by atoms with Gasteiger partial charge in [0.1, 0.15) is 5.82 Å². The Morgan fingerprint density at radius 2 is 1.62 bits per heavy atom. The lowest BCUT2D eigenvalue weighted by atomic mass is 9.90. The maximum Gasteiger partial charge on any atom is 0.437 e. The molecule has 3 aliphatic heterocycles. The molecule has 14 heteroatoms. The van der Waals surface area contributed by atoms with Crippen molar-refractivity contribution in [3.05, 3.63) is 65.7 Å². The summed E-state index contributed by atoms with van der Waals surface area (Å²) in [5.41, 5.74) is 0.0738. The highest BCUT2D eigenvalue weighted by Crippen LogP contribution is 2.36. The molecule has 0 unspecified atom stereocenters. The Morgan fingerprint density at radius 1 is 0.933 bits per heavy atom. The molecule has 1 amide bonds. The number of rotatable bonds is 5. The number of benzene rings is 1.